The zero-order chi connectivity index (χ0) is 21.5. The molecule has 5 heteroatoms. The number of ether oxygens (including phenoxy) is 2. The molecule has 5 nitrogen and oxygen atoms in total. The minimum Gasteiger partial charge on any atom is -0.462 e. The van der Waals surface area contributed by atoms with Gasteiger partial charge in [-0.1, -0.05) is 44.7 Å². The van der Waals surface area contributed by atoms with Gasteiger partial charge in [0.25, 0.3) is 0 Å². The zero-order valence-electron chi connectivity index (χ0n) is 18.1. The lowest BCUT2D eigenvalue weighted by Crippen LogP contribution is -2.44. The predicted octanol–water partition coefficient (Wildman–Crippen LogP) is 4.18. The van der Waals surface area contributed by atoms with E-state index in [2.05, 4.69) is 25.7 Å². The molecule has 0 amide bonds. The Hall–Kier alpha value is -2.40. The highest BCUT2D eigenvalue weighted by Gasteiger charge is 2.47. The van der Waals surface area contributed by atoms with Crippen LogP contribution in [0.25, 0.3) is 0 Å². The number of Topliss-reactive ketones (excluding diaryl/α,β-unsaturated/α-hetero) is 1. The van der Waals surface area contributed by atoms with Crippen molar-refractivity contribution in [3.05, 3.63) is 58.9 Å². The monoisotopic (exact) mass is 409 g/mol. The number of hydrogen-bond donors (Lipinski definition) is 1. The average Bonchev–Trinajstić information content (AvgIpc) is 3.18. The lowest BCUT2D eigenvalue weighted by atomic mass is 9.66. The van der Waals surface area contributed by atoms with Crippen LogP contribution in [-0.2, 0) is 19.1 Å². The summed E-state index contributed by atoms with van der Waals surface area (Å²) in [6.45, 7) is 11.4. The minimum atomic E-state index is -0.642. The third-order valence-electron chi connectivity index (χ3n) is 6.46. The van der Waals surface area contributed by atoms with E-state index in [4.69, 9.17) is 9.47 Å². The third-order valence-corrected chi connectivity index (χ3v) is 6.46. The van der Waals surface area contributed by atoms with Crippen LogP contribution in [0.4, 0.5) is 0 Å². The van der Waals surface area contributed by atoms with E-state index in [0.717, 1.165) is 41.7 Å². The molecule has 2 heterocycles. The van der Waals surface area contributed by atoms with Gasteiger partial charge in [-0.25, -0.2) is 0 Å². The largest absolute Gasteiger partial charge is 0.462 e. The number of allylic oxidation sites excluding steroid dienone is 2. The van der Waals surface area contributed by atoms with E-state index in [1.165, 1.54) is 0 Å². The molecule has 1 saturated heterocycles. The van der Waals surface area contributed by atoms with Gasteiger partial charge in [0.05, 0.1) is 6.10 Å². The SMILES string of the molecule is C=C1NC2=C(C(=O)CC(C)(C)C2)C(c2ccccc2C)C1C(=O)OCC1CCCO1. The first kappa shape index (κ1) is 20.9. The van der Waals surface area contributed by atoms with Crippen LogP contribution in [-0.4, -0.2) is 31.1 Å². The number of ketones is 1. The van der Waals surface area contributed by atoms with Gasteiger partial charge in [-0.3, -0.25) is 9.59 Å². The molecule has 0 saturated carbocycles. The molecule has 0 bridgehead atoms. The van der Waals surface area contributed by atoms with Crippen molar-refractivity contribution in [3.63, 3.8) is 0 Å². The van der Waals surface area contributed by atoms with Gasteiger partial charge < -0.3 is 14.8 Å². The minimum absolute atomic E-state index is 0.0393. The van der Waals surface area contributed by atoms with Crippen molar-refractivity contribution >= 4 is 11.8 Å². The second kappa shape index (κ2) is 8.03. The Bertz CT molecular complexity index is 907. The summed E-state index contributed by atoms with van der Waals surface area (Å²) < 4.78 is 11.3. The predicted molar refractivity (Wildman–Crippen MR) is 115 cm³/mol. The van der Waals surface area contributed by atoms with Gasteiger partial charge >= 0.3 is 5.97 Å². The van der Waals surface area contributed by atoms with Crippen molar-refractivity contribution < 1.29 is 19.1 Å². The highest BCUT2D eigenvalue weighted by molar-refractivity contribution is 6.01. The van der Waals surface area contributed by atoms with Gasteiger partial charge in [0.15, 0.2) is 5.78 Å². The zero-order valence-corrected chi connectivity index (χ0v) is 18.1. The number of rotatable bonds is 4. The molecule has 30 heavy (non-hydrogen) atoms. The van der Waals surface area contributed by atoms with Crippen LogP contribution >= 0.6 is 0 Å². The number of aryl methyl sites for hydroxylation is 1. The van der Waals surface area contributed by atoms with Crippen molar-refractivity contribution in [2.24, 2.45) is 11.3 Å². The molecule has 1 aromatic rings. The molecule has 3 unspecified atom stereocenters. The van der Waals surface area contributed by atoms with E-state index in [9.17, 15) is 9.59 Å². The van der Waals surface area contributed by atoms with Crippen molar-refractivity contribution in [1.82, 2.24) is 5.32 Å². The average molecular weight is 410 g/mol. The summed E-state index contributed by atoms with van der Waals surface area (Å²) >= 11 is 0. The van der Waals surface area contributed by atoms with Crippen molar-refractivity contribution in [2.45, 2.75) is 58.5 Å². The maximum atomic E-state index is 13.3. The summed E-state index contributed by atoms with van der Waals surface area (Å²) in [5.41, 5.74) is 4.14. The Morgan fingerprint density at radius 3 is 2.77 bits per heavy atom. The molecular formula is C25H31NO4. The number of esters is 1. The first-order valence-corrected chi connectivity index (χ1v) is 10.8. The van der Waals surface area contributed by atoms with E-state index in [1.54, 1.807) is 0 Å². The summed E-state index contributed by atoms with van der Waals surface area (Å²) in [6.07, 6.45) is 3.09. The number of hydrogen-bond acceptors (Lipinski definition) is 5. The molecule has 0 radical (unpaired) electrons. The topological polar surface area (TPSA) is 64.6 Å². The van der Waals surface area contributed by atoms with Crippen molar-refractivity contribution in [2.75, 3.05) is 13.2 Å². The molecule has 1 fully saturated rings. The molecular weight excluding hydrogens is 378 g/mol. The number of carbonyl (C=O) groups excluding carboxylic acids is 2. The fraction of sp³-hybridized carbons (Fsp3) is 0.520. The van der Waals surface area contributed by atoms with E-state index in [0.29, 0.717) is 18.7 Å². The van der Waals surface area contributed by atoms with Crippen LogP contribution < -0.4 is 5.32 Å². The highest BCUT2D eigenvalue weighted by atomic mass is 16.6. The Morgan fingerprint density at radius 1 is 1.30 bits per heavy atom. The van der Waals surface area contributed by atoms with Crippen LogP contribution in [0.15, 0.2) is 47.8 Å². The fourth-order valence-electron chi connectivity index (χ4n) is 5.04. The summed E-state index contributed by atoms with van der Waals surface area (Å²) in [4.78, 5) is 26.5. The number of nitrogens with one attached hydrogen (secondary N) is 1. The Morgan fingerprint density at radius 2 is 2.07 bits per heavy atom. The van der Waals surface area contributed by atoms with Crippen molar-refractivity contribution in [1.29, 1.82) is 0 Å². The molecule has 160 valence electrons. The molecule has 1 aromatic carbocycles. The summed E-state index contributed by atoms with van der Waals surface area (Å²) in [5.74, 6) is -1.26. The van der Waals surface area contributed by atoms with Crippen LogP contribution in [0.1, 0.15) is 56.6 Å². The molecule has 2 aliphatic heterocycles. The van der Waals surface area contributed by atoms with Gasteiger partial charge in [0.1, 0.15) is 12.5 Å². The summed E-state index contributed by atoms with van der Waals surface area (Å²) in [7, 11) is 0. The van der Waals surface area contributed by atoms with E-state index in [-0.39, 0.29) is 35.8 Å². The Labute approximate surface area is 178 Å². The van der Waals surface area contributed by atoms with Gasteiger partial charge in [-0.15, -0.1) is 0 Å². The number of benzene rings is 1. The first-order valence-electron chi connectivity index (χ1n) is 10.8. The first-order chi connectivity index (χ1) is 14.3. The lowest BCUT2D eigenvalue weighted by molar-refractivity contribution is -0.151. The van der Waals surface area contributed by atoms with E-state index in [1.807, 2.05) is 31.2 Å². The fourth-order valence-corrected chi connectivity index (χ4v) is 5.04. The summed E-state index contributed by atoms with van der Waals surface area (Å²) in [5, 5.41) is 3.31. The van der Waals surface area contributed by atoms with Crippen LogP contribution in [0.3, 0.4) is 0 Å². The Kier molecular flexibility index (Phi) is 5.58. The highest BCUT2D eigenvalue weighted by Crippen LogP contribution is 2.48. The van der Waals surface area contributed by atoms with E-state index < -0.39 is 5.92 Å². The van der Waals surface area contributed by atoms with Gasteiger partial charge in [0.2, 0.25) is 0 Å². The molecule has 4 rings (SSSR count). The number of carbonyl (C=O) groups is 2. The summed E-state index contributed by atoms with van der Waals surface area (Å²) in [6, 6.07) is 7.96. The van der Waals surface area contributed by atoms with Crippen LogP contribution in [0.5, 0.6) is 0 Å². The normalized spacial score (nSPS) is 28.2. The molecule has 0 spiro atoms. The molecule has 1 aliphatic carbocycles. The van der Waals surface area contributed by atoms with Gasteiger partial charge in [0, 0.05) is 35.9 Å². The maximum Gasteiger partial charge on any atom is 0.315 e. The van der Waals surface area contributed by atoms with Crippen LogP contribution in [0, 0.1) is 18.3 Å². The molecule has 3 aliphatic rings. The van der Waals surface area contributed by atoms with E-state index >= 15 is 0 Å². The van der Waals surface area contributed by atoms with Gasteiger partial charge in [-0.05, 0) is 42.7 Å². The Balaban J connectivity index is 1.72. The standard InChI is InChI=1S/C25H31NO4/c1-15-8-5-6-10-18(15)22-21(24(28)30-14-17-9-7-11-29-17)16(2)26-19-12-25(3,4)13-20(27)23(19)22/h5-6,8,10,17,21-22,26H,2,7,9,11-14H2,1,3-4H3. The van der Waals surface area contributed by atoms with Crippen LogP contribution in [0.2, 0.25) is 0 Å². The maximum absolute atomic E-state index is 13.3. The molecule has 0 aromatic heterocycles. The van der Waals surface area contributed by atoms with Gasteiger partial charge in [-0.2, -0.15) is 0 Å². The quantitative estimate of drug-likeness (QED) is 0.756. The van der Waals surface area contributed by atoms with Crippen molar-refractivity contribution in [3.8, 4) is 0 Å². The second-order valence-electron chi connectivity index (χ2n) is 9.56. The smallest absolute Gasteiger partial charge is 0.315 e. The lowest BCUT2D eigenvalue weighted by Gasteiger charge is -2.42. The third kappa shape index (κ3) is 3.95. The second-order valence-corrected chi connectivity index (χ2v) is 9.56. The molecule has 3 atom stereocenters. The molecule has 1 N–H and O–H groups in total.